The number of likely N-dealkylation sites (tertiary alicyclic amines) is 2. The number of carbonyl (C=O) groups is 1. The van der Waals surface area contributed by atoms with Crippen LogP contribution in [0.25, 0.3) is 0 Å². The Bertz CT molecular complexity index is 298. The third-order valence-corrected chi connectivity index (χ3v) is 5.28. The fraction of sp³-hybridized carbons (Fsp3) is 0.833. The Hall–Kier alpha value is -0.830. The number of hydrogen-bond acceptors (Lipinski definition) is 2. The molecule has 2 saturated heterocycles. The molecular formula is C18H34N2O. The second-order valence-electron chi connectivity index (χ2n) is 6.42. The van der Waals surface area contributed by atoms with Gasteiger partial charge < -0.3 is 9.80 Å². The van der Waals surface area contributed by atoms with Crippen LogP contribution in [0, 0.1) is 5.41 Å². The number of hydrogen-bond donors (Lipinski definition) is 0. The standard InChI is InChI=1S/C16H30N2O.C2H4/c1-3-5-6-15(19)18-13-9-16(10-14-18)7-11-17(4-2)12-8-16;1-2/h3-14H2,1-2H3;1-2H2. The summed E-state index contributed by atoms with van der Waals surface area (Å²) in [6.07, 6.45) is 8.09. The average Bonchev–Trinajstić information content (AvgIpc) is 2.56. The van der Waals surface area contributed by atoms with Crippen molar-refractivity contribution < 1.29 is 4.79 Å². The minimum absolute atomic E-state index is 0.391. The van der Waals surface area contributed by atoms with Crippen LogP contribution < -0.4 is 0 Å². The van der Waals surface area contributed by atoms with Crippen molar-refractivity contribution in [2.24, 2.45) is 5.41 Å². The van der Waals surface area contributed by atoms with E-state index >= 15 is 0 Å². The summed E-state index contributed by atoms with van der Waals surface area (Å²) >= 11 is 0. The third-order valence-electron chi connectivity index (χ3n) is 5.28. The van der Waals surface area contributed by atoms with Gasteiger partial charge in [-0.25, -0.2) is 0 Å². The predicted octanol–water partition coefficient (Wildman–Crippen LogP) is 3.70. The van der Waals surface area contributed by atoms with Crippen molar-refractivity contribution in [2.45, 2.75) is 58.8 Å². The van der Waals surface area contributed by atoms with Crippen molar-refractivity contribution >= 4 is 5.91 Å². The summed E-state index contributed by atoms with van der Waals surface area (Å²) in [7, 11) is 0. The topological polar surface area (TPSA) is 23.6 Å². The molecule has 0 saturated carbocycles. The van der Waals surface area contributed by atoms with Gasteiger partial charge in [0, 0.05) is 19.5 Å². The van der Waals surface area contributed by atoms with Crippen molar-refractivity contribution in [3.05, 3.63) is 13.2 Å². The first-order valence-electron chi connectivity index (χ1n) is 8.69. The first kappa shape index (κ1) is 18.2. The molecule has 2 rings (SSSR count). The van der Waals surface area contributed by atoms with E-state index < -0.39 is 0 Å². The first-order valence-corrected chi connectivity index (χ1v) is 8.69. The maximum atomic E-state index is 12.0. The lowest BCUT2D eigenvalue weighted by Crippen LogP contribution is -2.48. The van der Waals surface area contributed by atoms with Crippen molar-refractivity contribution in [1.82, 2.24) is 9.80 Å². The Labute approximate surface area is 131 Å². The number of piperidine rings is 2. The highest BCUT2D eigenvalue weighted by Gasteiger charge is 2.37. The molecule has 3 nitrogen and oxygen atoms in total. The van der Waals surface area contributed by atoms with Crippen LogP contribution in [-0.4, -0.2) is 48.4 Å². The van der Waals surface area contributed by atoms with E-state index in [1.54, 1.807) is 0 Å². The molecule has 0 aromatic heterocycles. The molecule has 2 aliphatic heterocycles. The SMILES string of the molecule is C=C.CCCCC(=O)N1CCC2(CCN(CC)CC2)CC1. The number of rotatable bonds is 4. The van der Waals surface area contributed by atoms with Gasteiger partial charge in [-0.2, -0.15) is 0 Å². The lowest BCUT2D eigenvalue weighted by molar-refractivity contribution is -0.134. The Kier molecular flexibility index (Phi) is 8.02. The zero-order valence-electron chi connectivity index (χ0n) is 14.2. The van der Waals surface area contributed by atoms with Crippen molar-refractivity contribution in [3.8, 4) is 0 Å². The van der Waals surface area contributed by atoms with Gasteiger partial charge in [-0.15, -0.1) is 13.2 Å². The molecule has 0 radical (unpaired) electrons. The fourth-order valence-corrected chi connectivity index (χ4v) is 3.56. The van der Waals surface area contributed by atoms with Crippen molar-refractivity contribution in [2.75, 3.05) is 32.7 Å². The van der Waals surface area contributed by atoms with Crippen molar-refractivity contribution in [3.63, 3.8) is 0 Å². The molecule has 0 unspecified atom stereocenters. The second kappa shape index (κ2) is 9.24. The quantitative estimate of drug-likeness (QED) is 0.738. The monoisotopic (exact) mass is 294 g/mol. The van der Waals surface area contributed by atoms with Gasteiger partial charge in [-0.05, 0) is 57.2 Å². The summed E-state index contributed by atoms with van der Waals surface area (Å²) in [6, 6.07) is 0. The van der Waals surface area contributed by atoms with Crippen molar-refractivity contribution in [1.29, 1.82) is 0 Å². The van der Waals surface area contributed by atoms with E-state index in [2.05, 4.69) is 36.8 Å². The summed E-state index contributed by atoms with van der Waals surface area (Å²) in [5.41, 5.74) is 0.563. The van der Waals surface area contributed by atoms with Crippen LogP contribution in [0.2, 0.25) is 0 Å². The molecule has 1 amide bonds. The molecule has 0 N–H and O–H groups in total. The van der Waals surface area contributed by atoms with Gasteiger partial charge in [-0.1, -0.05) is 20.3 Å². The van der Waals surface area contributed by atoms with Gasteiger partial charge in [0.25, 0.3) is 0 Å². The zero-order valence-corrected chi connectivity index (χ0v) is 14.2. The molecule has 0 aliphatic carbocycles. The molecule has 2 aliphatic rings. The van der Waals surface area contributed by atoms with Crippen LogP contribution in [0.15, 0.2) is 13.2 Å². The van der Waals surface area contributed by atoms with Crippen LogP contribution >= 0.6 is 0 Å². The Morgan fingerprint density at radius 1 is 1.00 bits per heavy atom. The van der Waals surface area contributed by atoms with E-state index in [-0.39, 0.29) is 0 Å². The molecular weight excluding hydrogens is 260 g/mol. The number of carbonyl (C=O) groups excluding carboxylic acids is 1. The summed E-state index contributed by atoms with van der Waals surface area (Å²) in [5.74, 6) is 0.391. The highest BCUT2D eigenvalue weighted by atomic mass is 16.2. The molecule has 0 aromatic rings. The fourth-order valence-electron chi connectivity index (χ4n) is 3.56. The van der Waals surface area contributed by atoms with E-state index in [9.17, 15) is 4.79 Å². The van der Waals surface area contributed by atoms with E-state index in [4.69, 9.17) is 0 Å². The summed E-state index contributed by atoms with van der Waals surface area (Å²) < 4.78 is 0. The highest BCUT2D eigenvalue weighted by Crippen LogP contribution is 2.41. The Balaban J connectivity index is 0.00000106. The minimum Gasteiger partial charge on any atom is -0.343 e. The smallest absolute Gasteiger partial charge is 0.222 e. The number of unbranched alkanes of at least 4 members (excludes halogenated alkanes) is 1. The van der Waals surface area contributed by atoms with E-state index in [1.807, 2.05) is 0 Å². The van der Waals surface area contributed by atoms with Crippen LogP contribution in [0.5, 0.6) is 0 Å². The van der Waals surface area contributed by atoms with Gasteiger partial charge in [0.1, 0.15) is 0 Å². The second-order valence-corrected chi connectivity index (χ2v) is 6.42. The maximum Gasteiger partial charge on any atom is 0.222 e. The van der Waals surface area contributed by atoms with E-state index in [0.29, 0.717) is 11.3 Å². The molecule has 0 atom stereocenters. The molecule has 1 spiro atoms. The van der Waals surface area contributed by atoms with Gasteiger partial charge in [0.05, 0.1) is 0 Å². The van der Waals surface area contributed by atoms with Crippen LogP contribution in [0.3, 0.4) is 0 Å². The predicted molar refractivity (Wildman–Crippen MR) is 90.4 cm³/mol. The third kappa shape index (κ3) is 5.14. The minimum atomic E-state index is 0.391. The summed E-state index contributed by atoms with van der Waals surface area (Å²) in [6.45, 7) is 16.1. The average molecular weight is 294 g/mol. The first-order chi connectivity index (χ1) is 10.2. The Morgan fingerprint density at radius 2 is 1.52 bits per heavy atom. The zero-order chi connectivity index (χ0) is 15.7. The van der Waals surface area contributed by atoms with Crippen LogP contribution in [0.1, 0.15) is 58.8 Å². The van der Waals surface area contributed by atoms with Gasteiger partial charge in [-0.3, -0.25) is 4.79 Å². The highest BCUT2D eigenvalue weighted by molar-refractivity contribution is 5.76. The van der Waals surface area contributed by atoms with Gasteiger partial charge >= 0.3 is 0 Å². The van der Waals surface area contributed by atoms with E-state index in [1.165, 1.54) is 45.3 Å². The van der Waals surface area contributed by atoms with E-state index in [0.717, 1.165) is 32.4 Å². The van der Waals surface area contributed by atoms with Crippen LogP contribution in [-0.2, 0) is 4.79 Å². The normalized spacial score (nSPS) is 21.7. The largest absolute Gasteiger partial charge is 0.343 e. The lowest BCUT2D eigenvalue weighted by atomic mass is 9.71. The summed E-state index contributed by atoms with van der Waals surface area (Å²) in [4.78, 5) is 16.7. The molecule has 3 heteroatoms. The number of amides is 1. The summed E-state index contributed by atoms with van der Waals surface area (Å²) in [5, 5.41) is 0. The Morgan fingerprint density at radius 3 is 2.00 bits per heavy atom. The van der Waals surface area contributed by atoms with Gasteiger partial charge in [0.15, 0.2) is 0 Å². The molecule has 2 heterocycles. The molecule has 2 fully saturated rings. The van der Waals surface area contributed by atoms with Crippen LogP contribution in [0.4, 0.5) is 0 Å². The maximum absolute atomic E-state index is 12.0. The van der Waals surface area contributed by atoms with Gasteiger partial charge in [0.2, 0.25) is 5.91 Å². The molecule has 0 bridgehead atoms. The number of nitrogens with zero attached hydrogens (tertiary/aromatic N) is 2. The molecule has 122 valence electrons. The molecule has 21 heavy (non-hydrogen) atoms. The molecule has 0 aromatic carbocycles. The lowest BCUT2D eigenvalue weighted by Gasteiger charge is -2.46.